The Bertz CT molecular complexity index is 263. The summed E-state index contributed by atoms with van der Waals surface area (Å²) in [5, 5.41) is 27.9. The molecule has 6 nitrogen and oxygen atoms in total. The number of hydrogen-bond donors (Lipinski definition) is 4. The van der Waals surface area contributed by atoms with Crippen molar-refractivity contribution in [2.45, 2.75) is 26.2 Å². The zero-order valence-electron chi connectivity index (χ0n) is 8.96. The van der Waals surface area contributed by atoms with E-state index in [-0.39, 0.29) is 0 Å². The summed E-state index contributed by atoms with van der Waals surface area (Å²) in [7, 11) is 0. The smallest absolute Gasteiger partial charge is 0.450 e. The van der Waals surface area contributed by atoms with Crippen LogP contribution in [0.3, 0.4) is 0 Å². The molecule has 1 fully saturated rings. The van der Waals surface area contributed by atoms with Gasteiger partial charge in [0.25, 0.3) is 0 Å². The maximum atomic E-state index is 8.56. The molecule has 6 heteroatoms. The minimum Gasteiger partial charge on any atom is -0.450 e. The average molecular weight is 232 g/mol. The van der Waals surface area contributed by atoms with Gasteiger partial charge in [-0.2, -0.15) is 0 Å². The molecule has 0 radical (unpaired) electrons. The van der Waals surface area contributed by atoms with Crippen molar-refractivity contribution in [3.8, 4) is 0 Å². The van der Waals surface area contributed by atoms with Crippen LogP contribution in [0.15, 0.2) is 11.6 Å². The van der Waals surface area contributed by atoms with Crippen LogP contribution in [0.2, 0.25) is 0 Å². The number of fused-ring (bicyclic) bond motifs is 2. The number of allylic oxidation sites excluding steroid dienone is 2. The highest BCUT2D eigenvalue weighted by Gasteiger charge is 2.29. The molecule has 2 atom stereocenters. The van der Waals surface area contributed by atoms with E-state index in [1.165, 1.54) is 19.3 Å². The maximum Gasteiger partial charge on any atom is 0.503 e. The van der Waals surface area contributed by atoms with Gasteiger partial charge in [0.1, 0.15) is 0 Å². The second kappa shape index (κ2) is 6.71. The summed E-state index contributed by atoms with van der Waals surface area (Å²) in [6.45, 7) is 2.28. The molecule has 2 aliphatic rings. The molecule has 4 N–H and O–H groups in total. The minimum atomic E-state index is -1.83. The Morgan fingerprint density at radius 1 is 1.12 bits per heavy atom. The fourth-order valence-electron chi connectivity index (χ4n) is 2.09. The third kappa shape index (κ3) is 6.69. The summed E-state index contributed by atoms with van der Waals surface area (Å²) in [5.41, 5.74) is 1.67. The lowest BCUT2D eigenvalue weighted by Gasteiger charge is -2.05. The van der Waals surface area contributed by atoms with E-state index in [0.717, 1.165) is 11.8 Å². The zero-order valence-corrected chi connectivity index (χ0v) is 8.96. The van der Waals surface area contributed by atoms with Gasteiger partial charge in [-0.05, 0) is 38.0 Å². The van der Waals surface area contributed by atoms with Crippen LogP contribution in [-0.4, -0.2) is 32.7 Å². The average Bonchev–Trinajstić information content (AvgIpc) is 2.61. The Morgan fingerprint density at radius 3 is 1.69 bits per heavy atom. The van der Waals surface area contributed by atoms with Crippen LogP contribution in [0.4, 0.5) is 9.59 Å². The molecule has 0 aromatic rings. The Labute approximate surface area is 92.8 Å². The van der Waals surface area contributed by atoms with E-state index >= 15 is 0 Å². The van der Waals surface area contributed by atoms with Gasteiger partial charge in [-0.25, -0.2) is 9.59 Å². The highest BCUT2D eigenvalue weighted by Crippen LogP contribution is 2.42. The van der Waals surface area contributed by atoms with Gasteiger partial charge in [0.05, 0.1) is 0 Å². The predicted molar refractivity (Wildman–Crippen MR) is 55.9 cm³/mol. The van der Waals surface area contributed by atoms with Gasteiger partial charge in [-0.15, -0.1) is 0 Å². The van der Waals surface area contributed by atoms with Crippen molar-refractivity contribution in [2.24, 2.45) is 11.8 Å². The van der Waals surface area contributed by atoms with Gasteiger partial charge in [0.2, 0.25) is 0 Å². The quantitative estimate of drug-likeness (QED) is 0.477. The fraction of sp³-hybridized carbons (Fsp3) is 0.600. The maximum absolute atomic E-state index is 8.56. The standard InChI is InChI=1S/C8H12.2CH2O3/c1-6-4-7-2-3-8(6)5-7;2*2-1(3)4/h4,7-8H,2-3,5H2,1H3;2*(H2,2,3,4). The normalized spacial score (nSPS) is 24.4. The molecule has 16 heavy (non-hydrogen) atoms. The van der Waals surface area contributed by atoms with Crippen molar-refractivity contribution < 1.29 is 30.0 Å². The summed E-state index contributed by atoms with van der Waals surface area (Å²) >= 11 is 0. The highest BCUT2D eigenvalue weighted by atomic mass is 16.6. The van der Waals surface area contributed by atoms with Crippen molar-refractivity contribution in [2.75, 3.05) is 0 Å². The van der Waals surface area contributed by atoms with E-state index in [1.54, 1.807) is 5.57 Å². The van der Waals surface area contributed by atoms with E-state index in [4.69, 9.17) is 30.0 Å². The fourth-order valence-corrected chi connectivity index (χ4v) is 2.09. The molecule has 1 saturated carbocycles. The van der Waals surface area contributed by atoms with Crippen molar-refractivity contribution in [3.05, 3.63) is 11.6 Å². The van der Waals surface area contributed by atoms with Gasteiger partial charge in [-0.3, -0.25) is 0 Å². The molecule has 0 spiro atoms. The molecule has 2 rings (SSSR count). The van der Waals surface area contributed by atoms with E-state index in [1.807, 2.05) is 0 Å². The highest BCUT2D eigenvalue weighted by molar-refractivity contribution is 5.53. The first-order chi connectivity index (χ1) is 7.32. The van der Waals surface area contributed by atoms with Crippen LogP contribution in [-0.2, 0) is 0 Å². The summed E-state index contributed by atoms with van der Waals surface area (Å²) in [6.07, 6.45) is 3.23. The molecule has 0 aliphatic heterocycles. The molecule has 0 aromatic carbocycles. The summed E-state index contributed by atoms with van der Waals surface area (Å²) in [6, 6.07) is 0. The number of carbonyl (C=O) groups is 2. The van der Waals surface area contributed by atoms with Crippen molar-refractivity contribution in [1.82, 2.24) is 0 Å². The van der Waals surface area contributed by atoms with Crippen LogP contribution in [0.25, 0.3) is 0 Å². The molecule has 2 aliphatic carbocycles. The second-order valence-electron chi connectivity index (χ2n) is 3.75. The first-order valence-corrected chi connectivity index (χ1v) is 4.85. The summed E-state index contributed by atoms with van der Waals surface area (Å²) in [4.78, 5) is 17.1. The number of hydrogen-bond acceptors (Lipinski definition) is 2. The molecular formula is C10H16O6. The lowest BCUT2D eigenvalue weighted by molar-refractivity contribution is 0.135. The molecule has 2 unspecified atom stereocenters. The third-order valence-electron chi connectivity index (χ3n) is 2.62. The molecule has 0 amide bonds. The molecule has 0 saturated heterocycles. The van der Waals surface area contributed by atoms with Crippen LogP contribution in [0, 0.1) is 11.8 Å². The summed E-state index contributed by atoms with van der Waals surface area (Å²) < 4.78 is 0. The lowest BCUT2D eigenvalue weighted by Crippen LogP contribution is -1.91. The van der Waals surface area contributed by atoms with Crippen LogP contribution >= 0.6 is 0 Å². The predicted octanol–water partition coefficient (Wildman–Crippen LogP) is 2.81. The first-order valence-electron chi connectivity index (χ1n) is 4.85. The molecule has 0 heterocycles. The number of rotatable bonds is 0. The zero-order chi connectivity index (χ0) is 12.7. The van der Waals surface area contributed by atoms with E-state index in [2.05, 4.69) is 13.0 Å². The van der Waals surface area contributed by atoms with Crippen LogP contribution < -0.4 is 0 Å². The third-order valence-corrected chi connectivity index (χ3v) is 2.62. The second-order valence-corrected chi connectivity index (χ2v) is 3.75. The molecule has 2 bridgehead atoms. The molecular weight excluding hydrogens is 216 g/mol. The Balaban J connectivity index is 0.000000244. The van der Waals surface area contributed by atoms with Crippen molar-refractivity contribution in [1.29, 1.82) is 0 Å². The number of carboxylic acid groups (broad SMARTS) is 4. The summed E-state index contributed by atoms with van der Waals surface area (Å²) in [5.74, 6) is 1.99. The first kappa shape index (κ1) is 14.3. The van der Waals surface area contributed by atoms with E-state index in [9.17, 15) is 0 Å². The molecule has 92 valence electrons. The van der Waals surface area contributed by atoms with Crippen molar-refractivity contribution >= 4 is 12.3 Å². The van der Waals surface area contributed by atoms with Crippen LogP contribution in [0.5, 0.6) is 0 Å². The van der Waals surface area contributed by atoms with Gasteiger partial charge < -0.3 is 20.4 Å². The van der Waals surface area contributed by atoms with Gasteiger partial charge in [0, 0.05) is 0 Å². The SMILES string of the molecule is CC1=CC2CCC1C2.O=C(O)O.O=C(O)O. The van der Waals surface area contributed by atoms with E-state index in [0.29, 0.717) is 0 Å². The Hall–Kier alpha value is -1.72. The van der Waals surface area contributed by atoms with Gasteiger partial charge >= 0.3 is 12.3 Å². The van der Waals surface area contributed by atoms with Gasteiger partial charge in [0.15, 0.2) is 0 Å². The van der Waals surface area contributed by atoms with Gasteiger partial charge in [-0.1, -0.05) is 11.6 Å². The lowest BCUT2D eigenvalue weighted by atomic mass is 10.0. The van der Waals surface area contributed by atoms with Crippen LogP contribution in [0.1, 0.15) is 26.2 Å². The van der Waals surface area contributed by atoms with E-state index < -0.39 is 12.3 Å². The van der Waals surface area contributed by atoms with Crippen molar-refractivity contribution in [3.63, 3.8) is 0 Å². The monoisotopic (exact) mass is 232 g/mol. The Kier molecular flexibility index (Phi) is 5.99. The Morgan fingerprint density at radius 2 is 1.56 bits per heavy atom. The minimum absolute atomic E-state index is 0.986. The molecule has 0 aromatic heterocycles. The topological polar surface area (TPSA) is 115 Å². The largest absolute Gasteiger partial charge is 0.503 e.